The van der Waals surface area contributed by atoms with Gasteiger partial charge in [0.15, 0.2) is 0 Å². The van der Waals surface area contributed by atoms with Crippen LogP contribution in [0.25, 0.3) is 0 Å². The van der Waals surface area contributed by atoms with Gasteiger partial charge in [-0.15, -0.1) is 11.6 Å². The molecule has 0 unspecified atom stereocenters. The van der Waals surface area contributed by atoms with E-state index in [0.717, 1.165) is 19.0 Å². The molecule has 2 heteroatoms. The summed E-state index contributed by atoms with van der Waals surface area (Å²) in [5.74, 6) is 0.781. The Kier molecular flexibility index (Phi) is 10.6. The third-order valence-corrected chi connectivity index (χ3v) is 4.31. The summed E-state index contributed by atoms with van der Waals surface area (Å²) in [5.41, 5.74) is 0.324. The second kappa shape index (κ2) is 10.4. The van der Waals surface area contributed by atoms with E-state index in [1.54, 1.807) is 0 Å². The molecule has 16 heavy (non-hydrogen) atoms. The van der Waals surface area contributed by atoms with Crippen LogP contribution in [0, 0.1) is 5.41 Å². The zero-order chi connectivity index (χ0) is 12.3. The van der Waals surface area contributed by atoms with Crippen molar-refractivity contribution in [2.45, 2.75) is 65.7 Å². The topological polar surface area (TPSA) is 12.0 Å². The quantitative estimate of drug-likeness (QED) is 0.416. The van der Waals surface area contributed by atoms with Crippen molar-refractivity contribution in [1.29, 1.82) is 0 Å². The highest BCUT2D eigenvalue weighted by Gasteiger charge is 2.23. The van der Waals surface area contributed by atoms with Gasteiger partial charge in [-0.3, -0.25) is 0 Å². The minimum atomic E-state index is 0.324. The standard InChI is InChI=1S/C14H30ClN/c1-4-7-8-9-10-11-16-13-14(5-2,6-3)12-15/h16H,4-13H2,1-3H3. The van der Waals surface area contributed by atoms with Crippen LogP contribution in [0.4, 0.5) is 0 Å². The maximum absolute atomic E-state index is 6.07. The lowest BCUT2D eigenvalue weighted by atomic mass is 9.84. The first kappa shape index (κ1) is 16.2. The molecule has 0 aromatic rings. The summed E-state index contributed by atoms with van der Waals surface area (Å²) in [6.45, 7) is 8.98. The Morgan fingerprint density at radius 3 is 2.06 bits per heavy atom. The SMILES string of the molecule is CCCCCCCNCC(CC)(CC)CCl. The Labute approximate surface area is 107 Å². The first-order valence-corrected chi connectivity index (χ1v) is 7.54. The Bertz CT molecular complexity index is 135. The molecule has 1 nitrogen and oxygen atoms in total. The summed E-state index contributed by atoms with van der Waals surface area (Å²) < 4.78 is 0. The molecule has 0 rings (SSSR count). The zero-order valence-electron chi connectivity index (χ0n) is 11.4. The Morgan fingerprint density at radius 2 is 1.56 bits per heavy atom. The van der Waals surface area contributed by atoms with Crippen LogP contribution in [0.1, 0.15) is 65.7 Å². The van der Waals surface area contributed by atoms with E-state index < -0.39 is 0 Å². The molecule has 0 saturated carbocycles. The summed E-state index contributed by atoms with van der Waals surface area (Å²) in [4.78, 5) is 0. The molecule has 0 spiro atoms. The number of unbranched alkanes of at least 4 members (excludes halogenated alkanes) is 4. The van der Waals surface area contributed by atoms with E-state index in [4.69, 9.17) is 11.6 Å². The van der Waals surface area contributed by atoms with Gasteiger partial charge in [-0.25, -0.2) is 0 Å². The lowest BCUT2D eigenvalue weighted by Gasteiger charge is -2.29. The van der Waals surface area contributed by atoms with Gasteiger partial charge in [0.25, 0.3) is 0 Å². The van der Waals surface area contributed by atoms with Crippen LogP contribution < -0.4 is 5.32 Å². The molecule has 0 aliphatic rings. The van der Waals surface area contributed by atoms with Crippen molar-refractivity contribution in [3.63, 3.8) is 0 Å². The summed E-state index contributed by atoms with van der Waals surface area (Å²) in [5, 5.41) is 3.57. The van der Waals surface area contributed by atoms with Crippen molar-refractivity contribution < 1.29 is 0 Å². The van der Waals surface area contributed by atoms with Crippen LogP contribution in [0.2, 0.25) is 0 Å². The molecule has 0 aromatic heterocycles. The number of hydrogen-bond acceptors (Lipinski definition) is 1. The molecule has 98 valence electrons. The van der Waals surface area contributed by atoms with Crippen LogP contribution in [0.5, 0.6) is 0 Å². The monoisotopic (exact) mass is 247 g/mol. The zero-order valence-corrected chi connectivity index (χ0v) is 12.2. The maximum Gasteiger partial charge on any atom is 0.0291 e. The molecule has 0 amide bonds. The van der Waals surface area contributed by atoms with Crippen molar-refractivity contribution in [1.82, 2.24) is 5.32 Å². The smallest absolute Gasteiger partial charge is 0.0291 e. The van der Waals surface area contributed by atoms with Gasteiger partial charge in [-0.2, -0.15) is 0 Å². The van der Waals surface area contributed by atoms with Crippen LogP contribution in [0.3, 0.4) is 0 Å². The fourth-order valence-corrected chi connectivity index (χ4v) is 2.42. The molecule has 0 heterocycles. The lowest BCUT2D eigenvalue weighted by Crippen LogP contribution is -2.35. The minimum Gasteiger partial charge on any atom is -0.316 e. The molecule has 1 N–H and O–H groups in total. The van der Waals surface area contributed by atoms with Gasteiger partial charge in [-0.05, 0) is 31.2 Å². The maximum atomic E-state index is 6.07. The number of halogens is 1. The Hall–Kier alpha value is 0.250. The molecule has 0 fully saturated rings. The summed E-state index contributed by atoms with van der Waals surface area (Å²) >= 11 is 6.07. The van der Waals surface area contributed by atoms with Crippen molar-refractivity contribution in [3.05, 3.63) is 0 Å². The molecule has 0 aliphatic heterocycles. The third kappa shape index (κ3) is 6.75. The summed E-state index contributed by atoms with van der Waals surface area (Å²) in [6, 6.07) is 0. The first-order valence-electron chi connectivity index (χ1n) is 7.01. The van der Waals surface area contributed by atoms with E-state index in [1.165, 1.54) is 44.9 Å². The summed E-state index contributed by atoms with van der Waals surface area (Å²) in [7, 11) is 0. The van der Waals surface area contributed by atoms with E-state index in [-0.39, 0.29) is 0 Å². The predicted octanol–water partition coefficient (Wildman–Crippen LogP) is 4.59. The first-order chi connectivity index (χ1) is 7.74. The fourth-order valence-electron chi connectivity index (χ4n) is 1.94. The Morgan fingerprint density at radius 1 is 0.938 bits per heavy atom. The van der Waals surface area contributed by atoms with E-state index in [1.807, 2.05) is 0 Å². The van der Waals surface area contributed by atoms with Gasteiger partial charge in [-0.1, -0.05) is 46.5 Å². The molecule has 0 saturated heterocycles. The van der Waals surface area contributed by atoms with E-state index in [2.05, 4.69) is 26.1 Å². The fraction of sp³-hybridized carbons (Fsp3) is 1.00. The number of hydrogen-bond donors (Lipinski definition) is 1. The number of rotatable bonds is 11. The lowest BCUT2D eigenvalue weighted by molar-refractivity contribution is 0.286. The van der Waals surface area contributed by atoms with Crippen LogP contribution in [-0.4, -0.2) is 19.0 Å². The normalized spacial score (nSPS) is 12.0. The van der Waals surface area contributed by atoms with Gasteiger partial charge < -0.3 is 5.32 Å². The van der Waals surface area contributed by atoms with Crippen LogP contribution in [0.15, 0.2) is 0 Å². The molecule has 0 atom stereocenters. The van der Waals surface area contributed by atoms with Crippen molar-refractivity contribution >= 4 is 11.6 Å². The average molecular weight is 248 g/mol. The van der Waals surface area contributed by atoms with Crippen molar-refractivity contribution in [3.8, 4) is 0 Å². The second-order valence-electron chi connectivity index (χ2n) is 4.93. The molecular weight excluding hydrogens is 218 g/mol. The van der Waals surface area contributed by atoms with E-state index >= 15 is 0 Å². The highest BCUT2D eigenvalue weighted by Crippen LogP contribution is 2.26. The van der Waals surface area contributed by atoms with Gasteiger partial charge in [0.2, 0.25) is 0 Å². The highest BCUT2D eigenvalue weighted by atomic mass is 35.5. The molecular formula is C14H30ClN. The Balaban J connectivity index is 3.48. The van der Waals surface area contributed by atoms with Gasteiger partial charge in [0, 0.05) is 12.4 Å². The minimum absolute atomic E-state index is 0.324. The number of nitrogens with one attached hydrogen (secondary N) is 1. The second-order valence-corrected chi connectivity index (χ2v) is 5.20. The number of alkyl halides is 1. The van der Waals surface area contributed by atoms with E-state index in [9.17, 15) is 0 Å². The van der Waals surface area contributed by atoms with Crippen LogP contribution >= 0.6 is 11.6 Å². The highest BCUT2D eigenvalue weighted by molar-refractivity contribution is 6.18. The van der Waals surface area contributed by atoms with E-state index in [0.29, 0.717) is 5.41 Å². The molecule has 0 radical (unpaired) electrons. The third-order valence-electron chi connectivity index (χ3n) is 3.74. The average Bonchev–Trinajstić information content (AvgIpc) is 2.34. The van der Waals surface area contributed by atoms with Crippen LogP contribution in [-0.2, 0) is 0 Å². The largest absolute Gasteiger partial charge is 0.316 e. The van der Waals surface area contributed by atoms with Crippen molar-refractivity contribution in [2.75, 3.05) is 19.0 Å². The molecule has 0 aromatic carbocycles. The van der Waals surface area contributed by atoms with Gasteiger partial charge in [0.1, 0.15) is 0 Å². The van der Waals surface area contributed by atoms with Gasteiger partial charge in [0.05, 0.1) is 0 Å². The van der Waals surface area contributed by atoms with Crippen molar-refractivity contribution in [2.24, 2.45) is 5.41 Å². The van der Waals surface area contributed by atoms with Gasteiger partial charge >= 0.3 is 0 Å². The summed E-state index contributed by atoms with van der Waals surface area (Å²) in [6.07, 6.45) is 9.13. The molecule has 0 bridgehead atoms. The predicted molar refractivity (Wildman–Crippen MR) is 75.4 cm³/mol. The molecule has 0 aliphatic carbocycles.